The fourth-order valence-corrected chi connectivity index (χ4v) is 16.6. The number of nitrogens with one attached hydrogen (secondary N) is 6. The van der Waals surface area contributed by atoms with Crippen molar-refractivity contribution in [2.45, 2.75) is 93.7 Å². The van der Waals surface area contributed by atoms with Crippen LogP contribution in [0.5, 0.6) is 0 Å². The Morgan fingerprint density at radius 3 is 1.04 bits per heavy atom. The van der Waals surface area contributed by atoms with Crippen LogP contribution < -0.4 is 47.9 Å². The normalized spacial score (nSPS) is 19.0. The van der Waals surface area contributed by atoms with Gasteiger partial charge in [0.2, 0.25) is 20.0 Å². The lowest BCUT2D eigenvalue weighted by molar-refractivity contribution is -0.0404. The maximum absolute atomic E-state index is 13.1. The van der Waals surface area contributed by atoms with E-state index in [4.69, 9.17) is 14.2 Å². The van der Waals surface area contributed by atoms with Gasteiger partial charge in [0.05, 0.1) is 96.2 Å². The number of aromatic nitrogens is 20. The second kappa shape index (κ2) is 37.4. The molecule has 4 saturated heterocycles. The van der Waals surface area contributed by atoms with Crippen LogP contribution in [-0.2, 0) is 54.7 Å². The maximum atomic E-state index is 13.1. The molecule has 0 bridgehead atoms. The highest BCUT2D eigenvalue weighted by molar-refractivity contribution is 7.89. The molecule has 2 aliphatic carbocycles. The average molecular weight is 1840 g/mol. The monoisotopic (exact) mass is 1840 g/mol. The average Bonchev–Trinajstić information content (AvgIpc) is 1.61. The number of morpholine rings is 3. The van der Waals surface area contributed by atoms with Crippen molar-refractivity contribution in [2.75, 3.05) is 131 Å². The van der Waals surface area contributed by atoms with Crippen LogP contribution in [0, 0.1) is 5.92 Å². The van der Waals surface area contributed by atoms with E-state index in [9.17, 15) is 68.8 Å². The van der Waals surface area contributed by atoms with Crippen molar-refractivity contribution in [3.05, 3.63) is 146 Å². The molecule has 12 aromatic heterocycles. The van der Waals surface area contributed by atoms with E-state index in [-0.39, 0.29) is 77.8 Å². The Morgan fingerprint density at radius 2 is 0.714 bits per heavy atom. The van der Waals surface area contributed by atoms with E-state index in [0.29, 0.717) is 150 Å². The van der Waals surface area contributed by atoms with Crippen LogP contribution in [0.2, 0.25) is 0 Å². The predicted octanol–water partition coefficient (Wildman–Crippen LogP) is 4.60. The number of imidazole rings is 4. The van der Waals surface area contributed by atoms with E-state index < -0.39 is 66.2 Å². The van der Waals surface area contributed by atoms with E-state index in [1.54, 1.807) is 24.3 Å². The molecule has 672 valence electrons. The fraction of sp³-hybridized carbons (Fsp3) is 0.452. The number of anilines is 4. The summed E-state index contributed by atoms with van der Waals surface area (Å²) in [5, 5.41) is 15.9. The first-order valence-electron chi connectivity index (χ1n) is 39.2. The minimum absolute atomic E-state index is 0.102. The first kappa shape index (κ1) is 89.7. The molecular formula is C73H84F8N30O11S4. The zero-order valence-electron chi connectivity index (χ0n) is 67.5. The van der Waals surface area contributed by atoms with Crippen molar-refractivity contribution >= 4 is 86.3 Å². The number of nitrogens with zero attached hydrogens (tertiary/aromatic N) is 24. The summed E-state index contributed by atoms with van der Waals surface area (Å²) in [5.74, 6) is 2.66. The molecular weight excluding hydrogens is 1750 g/mol. The van der Waals surface area contributed by atoms with Gasteiger partial charge in [0.15, 0.2) is 22.6 Å². The molecule has 126 heavy (non-hydrogen) atoms. The van der Waals surface area contributed by atoms with Crippen molar-refractivity contribution in [1.82, 2.24) is 127 Å². The van der Waals surface area contributed by atoms with Gasteiger partial charge in [-0.25, -0.2) is 153 Å². The highest BCUT2D eigenvalue weighted by Gasteiger charge is 2.52. The molecule has 0 aromatic carbocycles. The van der Waals surface area contributed by atoms with Crippen molar-refractivity contribution in [3.8, 4) is 45.6 Å². The predicted molar refractivity (Wildman–Crippen MR) is 439 cm³/mol. The Hall–Kier alpha value is -11.1. The maximum Gasteiger partial charge on any atom is 0.282 e. The molecule has 53 heteroatoms. The summed E-state index contributed by atoms with van der Waals surface area (Å²) < 4.78 is 235. The molecule has 6 N–H and O–H groups in total. The molecule has 4 aliphatic heterocycles. The zero-order valence-corrected chi connectivity index (χ0v) is 70.7. The number of rotatable bonds is 26. The van der Waals surface area contributed by atoms with Gasteiger partial charge in [-0.3, -0.25) is 0 Å². The van der Waals surface area contributed by atoms with Crippen molar-refractivity contribution < 1.29 is 83.0 Å². The number of sulfonamides is 2. The SMILES string of the molecule is CNS(=O)(=O)NCC1CCCN(c2cc(-c3cnc4ccc(C(F)F)nn34)ncn2)C1.CNS(=O)(=O)NCC1CN(c2cc(-c3cnc4ccc(C(F)F)nn34)ncn2)CCO1.CS(=O)(=O)NCC1CN(c2cc(-c3cnc4ccc(C(F)F)nn34)ncn2)CC2(CC2)O1.CS(=O)(=O)NCC1CN(c2cc(-c3cnc4ccc(C(F)F)nn34)ncn2)CC2(CC2)O1. The molecule has 6 fully saturated rings. The van der Waals surface area contributed by atoms with E-state index in [1.165, 1.54) is 131 Å². The van der Waals surface area contributed by atoms with Gasteiger partial charge in [0, 0.05) is 117 Å². The molecule has 4 atom stereocenters. The lowest BCUT2D eigenvalue weighted by Crippen LogP contribution is -2.53. The van der Waals surface area contributed by atoms with Gasteiger partial charge in [-0.05, 0) is 93.0 Å². The Bertz CT molecular complexity index is 6010. The second-order valence-electron chi connectivity index (χ2n) is 30.3. The molecule has 6 aliphatic rings. The van der Waals surface area contributed by atoms with Crippen molar-refractivity contribution in [2.24, 2.45) is 5.92 Å². The van der Waals surface area contributed by atoms with Crippen LogP contribution in [0.1, 0.15) is 87.0 Å². The molecule has 16 heterocycles. The van der Waals surface area contributed by atoms with Gasteiger partial charge in [0.25, 0.3) is 46.1 Å². The second-order valence-corrected chi connectivity index (χ2v) is 37.4. The van der Waals surface area contributed by atoms with Crippen LogP contribution in [0.4, 0.5) is 58.4 Å². The van der Waals surface area contributed by atoms with Gasteiger partial charge in [0.1, 0.15) is 94.1 Å². The van der Waals surface area contributed by atoms with Gasteiger partial charge < -0.3 is 33.8 Å². The summed E-state index contributed by atoms with van der Waals surface area (Å²) in [4.78, 5) is 59.5. The Balaban J connectivity index is 0.000000130. The van der Waals surface area contributed by atoms with Crippen LogP contribution in [0.15, 0.2) is 123 Å². The molecule has 2 saturated carbocycles. The molecule has 2 spiro atoms. The molecule has 41 nitrogen and oxygen atoms in total. The molecule has 0 amide bonds. The van der Waals surface area contributed by atoms with Crippen molar-refractivity contribution in [1.29, 1.82) is 0 Å². The van der Waals surface area contributed by atoms with Crippen molar-refractivity contribution in [3.63, 3.8) is 0 Å². The molecule has 12 aromatic rings. The highest BCUT2D eigenvalue weighted by Crippen LogP contribution is 2.46. The van der Waals surface area contributed by atoms with Crippen LogP contribution in [-0.4, -0.2) is 273 Å². The smallest absolute Gasteiger partial charge is 0.282 e. The Labute approximate surface area is 714 Å². The molecule has 18 rings (SSSR count). The summed E-state index contributed by atoms with van der Waals surface area (Å²) in [7, 11) is -11.0. The number of alkyl halides is 8. The third kappa shape index (κ3) is 22.1. The topological polar surface area (TPSA) is 473 Å². The lowest BCUT2D eigenvalue weighted by atomic mass is 9.98. The number of piperidine rings is 1. The van der Waals surface area contributed by atoms with E-state index in [0.717, 1.165) is 57.6 Å². The van der Waals surface area contributed by atoms with Gasteiger partial charge >= 0.3 is 0 Å². The number of ether oxygens (including phenoxy) is 3. The van der Waals surface area contributed by atoms with Crippen LogP contribution in [0.25, 0.3) is 68.1 Å². The third-order valence-electron chi connectivity index (χ3n) is 21.0. The summed E-state index contributed by atoms with van der Waals surface area (Å²) in [6.45, 7) is 5.65. The third-order valence-corrected chi connectivity index (χ3v) is 24.6. The van der Waals surface area contributed by atoms with Gasteiger partial charge in [-0.2, -0.15) is 42.0 Å². The lowest BCUT2D eigenvalue weighted by Gasteiger charge is -2.39. The van der Waals surface area contributed by atoms with Crippen LogP contribution in [0.3, 0.4) is 0 Å². The number of hydrogen-bond donors (Lipinski definition) is 6. The van der Waals surface area contributed by atoms with Gasteiger partial charge in [-0.1, -0.05) is 0 Å². The zero-order chi connectivity index (χ0) is 89.0. The largest absolute Gasteiger partial charge is 0.373 e. The van der Waals surface area contributed by atoms with Crippen LogP contribution >= 0.6 is 0 Å². The molecule has 4 unspecified atom stereocenters. The number of fused-ring (bicyclic) bond motifs is 4. The summed E-state index contributed by atoms with van der Waals surface area (Å²) >= 11 is 0. The number of halogens is 8. The first-order chi connectivity index (χ1) is 60.1. The Morgan fingerprint density at radius 1 is 0.397 bits per heavy atom. The first-order valence-corrected chi connectivity index (χ1v) is 45.9. The van der Waals surface area contributed by atoms with E-state index >= 15 is 0 Å². The van der Waals surface area contributed by atoms with E-state index in [1.807, 2.05) is 14.7 Å². The quantitative estimate of drug-likeness (QED) is 0.0403. The fourth-order valence-electron chi connectivity index (χ4n) is 14.5. The van der Waals surface area contributed by atoms with Gasteiger partial charge in [-0.15, -0.1) is 0 Å². The Kier molecular flexibility index (Phi) is 26.6. The highest BCUT2D eigenvalue weighted by atomic mass is 32.2. The standard InChI is InChI=1S/2C19H21F2N7O3S.C18H22F2N8O2S.C17H20F2N8O3S/c2*1-32(29,30)25-7-12-9-27(10-19(31-12)4-5-19)17-6-14(23-11-24-17)15-8-22-16-3-2-13(18(20)21)26-28(15)16;1-21-31(29,30)25-8-12-3-2-6-27(10-12)17-7-14(23-11-24-17)15-9-22-16-5-4-13(18(19)20)26-28(15)16;1-20-31(28,29)24-7-11-9-26(4-5-30-11)16-6-13(22-10-23-16)14-8-21-15-3-2-12(17(18)19)25-27(14)15/h2*2-3,6,8,11-12,18,25H,4-5,7,9-10H2,1H3;4-5,7,9,11-12,18,21,25H,2-3,6,8,10H2,1H3;2-3,6,8,10-11,17,20,24H,4-5,7,9H2,1H3. The van der Waals surface area contributed by atoms with E-state index in [2.05, 4.69) is 113 Å². The number of hydrogen-bond acceptors (Lipinski definition) is 31. The summed E-state index contributed by atoms with van der Waals surface area (Å²) in [6.07, 6.45) is 7.46. The molecule has 0 radical (unpaired) electrons. The summed E-state index contributed by atoms with van der Waals surface area (Å²) in [6, 6.07) is 17.9. The minimum atomic E-state index is -3.56. The summed E-state index contributed by atoms with van der Waals surface area (Å²) in [5.41, 5.74) is 3.54. The minimum Gasteiger partial charge on any atom is -0.373 e.